The highest BCUT2D eigenvalue weighted by atomic mass is 35.5. The molecule has 1 aliphatic rings. The SMILES string of the molecule is Nc1cnc(Cl)nc1N1CCOC(CO)C1. The number of morpholine rings is 1. The molecular formula is C9H13ClN4O2. The number of aromatic nitrogens is 2. The van der Waals surface area contributed by atoms with E-state index in [1.807, 2.05) is 4.90 Å². The Kier molecular flexibility index (Phi) is 3.42. The first kappa shape index (κ1) is 11.4. The molecule has 6 nitrogen and oxygen atoms in total. The van der Waals surface area contributed by atoms with Crippen LogP contribution in [0.15, 0.2) is 6.20 Å². The number of nitrogens with two attached hydrogens (primary N) is 1. The summed E-state index contributed by atoms with van der Waals surface area (Å²) in [6.45, 7) is 1.74. The van der Waals surface area contributed by atoms with Gasteiger partial charge in [-0.05, 0) is 11.6 Å². The Balaban J connectivity index is 2.19. The van der Waals surface area contributed by atoms with Crippen LogP contribution in [-0.2, 0) is 4.74 Å². The van der Waals surface area contributed by atoms with Gasteiger partial charge in [-0.25, -0.2) is 4.98 Å². The first-order chi connectivity index (χ1) is 7.70. The third-order valence-corrected chi connectivity index (χ3v) is 2.59. The molecule has 0 bridgehead atoms. The summed E-state index contributed by atoms with van der Waals surface area (Å²) in [4.78, 5) is 9.82. The first-order valence-corrected chi connectivity index (χ1v) is 5.34. The van der Waals surface area contributed by atoms with Gasteiger partial charge in [0, 0.05) is 13.1 Å². The van der Waals surface area contributed by atoms with E-state index in [0.717, 1.165) is 0 Å². The Morgan fingerprint density at radius 2 is 2.50 bits per heavy atom. The largest absolute Gasteiger partial charge is 0.394 e. The number of aliphatic hydroxyl groups excluding tert-OH is 1. The lowest BCUT2D eigenvalue weighted by Crippen LogP contribution is -2.44. The molecule has 16 heavy (non-hydrogen) atoms. The van der Waals surface area contributed by atoms with E-state index < -0.39 is 0 Å². The predicted molar refractivity (Wildman–Crippen MR) is 60.5 cm³/mol. The van der Waals surface area contributed by atoms with Gasteiger partial charge in [-0.3, -0.25) is 0 Å². The fourth-order valence-corrected chi connectivity index (χ4v) is 1.77. The van der Waals surface area contributed by atoms with Crippen LogP contribution in [0.25, 0.3) is 0 Å². The van der Waals surface area contributed by atoms with E-state index in [4.69, 9.17) is 27.2 Å². The average molecular weight is 245 g/mol. The fourth-order valence-electron chi connectivity index (χ4n) is 1.64. The van der Waals surface area contributed by atoms with Crippen molar-refractivity contribution in [3.05, 3.63) is 11.5 Å². The molecule has 1 fully saturated rings. The van der Waals surface area contributed by atoms with Crippen LogP contribution in [0.4, 0.5) is 11.5 Å². The molecule has 1 atom stereocenters. The van der Waals surface area contributed by atoms with Crippen LogP contribution in [0, 0.1) is 0 Å². The van der Waals surface area contributed by atoms with Crippen molar-refractivity contribution in [3.8, 4) is 0 Å². The summed E-state index contributed by atoms with van der Waals surface area (Å²) in [6, 6.07) is 0. The number of rotatable bonds is 2. The number of hydrogen-bond acceptors (Lipinski definition) is 6. The molecule has 1 aromatic heterocycles. The van der Waals surface area contributed by atoms with Gasteiger partial charge in [0.05, 0.1) is 31.2 Å². The van der Waals surface area contributed by atoms with Crippen LogP contribution >= 0.6 is 11.6 Å². The molecule has 2 rings (SSSR count). The topological polar surface area (TPSA) is 84.5 Å². The van der Waals surface area contributed by atoms with E-state index in [0.29, 0.717) is 31.2 Å². The van der Waals surface area contributed by atoms with Gasteiger partial charge in [-0.1, -0.05) is 0 Å². The first-order valence-electron chi connectivity index (χ1n) is 4.96. The van der Waals surface area contributed by atoms with Crippen LogP contribution < -0.4 is 10.6 Å². The van der Waals surface area contributed by atoms with Crippen LogP contribution in [0.5, 0.6) is 0 Å². The van der Waals surface area contributed by atoms with Gasteiger partial charge in [-0.15, -0.1) is 0 Å². The molecule has 0 amide bonds. The van der Waals surface area contributed by atoms with E-state index >= 15 is 0 Å². The van der Waals surface area contributed by atoms with Gasteiger partial charge in [0.1, 0.15) is 0 Å². The van der Waals surface area contributed by atoms with Gasteiger partial charge in [0.15, 0.2) is 5.82 Å². The van der Waals surface area contributed by atoms with Crippen molar-refractivity contribution in [1.29, 1.82) is 0 Å². The normalized spacial score (nSPS) is 21.1. The maximum atomic E-state index is 9.04. The number of nitrogens with zero attached hydrogens (tertiary/aromatic N) is 3. The summed E-state index contributed by atoms with van der Waals surface area (Å²) in [5, 5.41) is 9.20. The molecule has 1 aliphatic heterocycles. The van der Waals surface area contributed by atoms with Gasteiger partial charge < -0.3 is 20.5 Å². The van der Waals surface area contributed by atoms with Crippen molar-refractivity contribution >= 4 is 23.1 Å². The Labute approximate surface area is 98.0 Å². The zero-order chi connectivity index (χ0) is 11.5. The lowest BCUT2D eigenvalue weighted by atomic mass is 10.2. The quantitative estimate of drug-likeness (QED) is 0.708. The molecule has 7 heteroatoms. The summed E-state index contributed by atoms with van der Waals surface area (Å²) >= 11 is 5.72. The number of anilines is 2. The molecule has 0 saturated carbocycles. The molecular weight excluding hydrogens is 232 g/mol. The zero-order valence-corrected chi connectivity index (χ0v) is 9.39. The average Bonchev–Trinajstić information content (AvgIpc) is 2.32. The minimum absolute atomic E-state index is 0.0186. The second-order valence-electron chi connectivity index (χ2n) is 3.54. The summed E-state index contributed by atoms with van der Waals surface area (Å²) in [5.74, 6) is 0.599. The smallest absolute Gasteiger partial charge is 0.224 e. The van der Waals surface area contributed by atoms with E-state index in [1.54, 1.807) is 0 Å². The standard InChI is InChI=1S/C9H13ClN4O2/c10-9-12-3-7(11)8(13-9)14-1-2-16-6(4-14)5-15/h3,6,15H,1-2,4-5,11H2. The highest BCUT2D eigenvalue weighted by molar-refractivity contribution is 6.28. The van der Waals surface area contributed by atoms with E-state index in [-0.39, 0.29) is 18.0 Å². The second-order valence-corrected chi connectivity index (χ2v) is 3.88. The Bertz CT molecular complexity index is 377. The van der Waals surface area contributed by atoms with Gasteiger partial charge in [0.2, 0.25) is 5.28 Å². The summed E-state index contributed by atoms with van der Waals surface area (Å²) in [6.07, 6.45) is 1.27. The Hall–Kier alpha value is -1.11. The van der Waals surface area contributed by atoms with Crippen LogP contribution in [0.3, 0.4) is 0 Å². The Morgan fingerprint density at radius 1 is 1.69 bits per heavy atom. The minimum Gasteiger partial charge on any atom is -0.394 e. The molecule has 3 N–H and O–H groups in total. The highest BCUT2D eigenvalue weighted by Gasteiger charge is 2.22. The molecule has 0 radical (unpaired) electrons. The zero-order valence-electron chi connectivity index (χ0n) is 8.64. The van der Waals surface area contributed by atoms with Crippen molar-refractivity contribution in [2.75, 3.05) is 36.9 Å². The molecule has 1 unspecified atom stereocenters. The second kappa shape index (κ2) is 4.82. The molecule has 88 valence electrons. The van der Waals surface area contributed by atoms with Crippen molar-refractivity contribution in [2.45, 2.75) is 6.10 Å². The fraction of sp³-hybridized carbons (Fsp3) is 0.556. The van der Waals surface area contributed by atoms with E-state index in [9.17, 15) is 0 Å². The maximum Gasteiger partial charge on any atom is 0.224 e. The van der Waals surface area contributed by atoms with Crippen LogP contribution in [0.2, 0.25) is 5.28 Å². The molecule has 0 spiro atoms. The molecule has 0 aliphatic carbocycles. The minimum atomic E-state index is -0.207. The van der Waals surface area contributed by atoms with Gasteiger partial charge in [0.25, 0.3) is 0 Å². The predicted octanol–water partition coefficient (Wildman–Crippen LogP) is -0.0903. The molecule has 1 saturated heterocycles. The van der Waals surface area contributed by atoms with Gasteiger partial charge >= 0.3 is 0 Å². The summed E-state index contributed by atoms with van der Waals surface area (Å²) in [7, 11) is 0. The third kappa shape index (κ3) is 2.34. The van der Waals surface area contributed by atoms with Crippen molar-refractivity contribution in [1.82, 2.24) is 9.97 Å². The number of hydrogen-bond donors (Lipinski definition) is 2. The van der Waals surface area contributed by atoms with Crippen molar-refractivity contribution in [2.24, 2.45) is 0 Å². The van der Waals surface area contributed by atoms with Gasteiger partial charge in [-0.2, -0.15) is 4.98 Å². The van der Waals surface area contributed by atoms with E-state index in [2.05, 4.69) is 9.97 Å². The lowest BCUT2D eigenvalue weighted by Gasteiger charge is -2.33. The Morgan fingerprint density at radius 3 is 3.25 bits per heavy atom. The number of halogens is 1. The molecule has 0 aromatic carbocycles. The maximum absolute atomic E-state index is 9.04. The van der Waals surface area contributed by atoms with E-state index in [1.165, 1.54) is 6.20 Å². The lowest BCUT2D eigenvalue weighted by molar-refractivity contribution is 0.00340. The number of ether oxygens (including phenoxy) is 1. The monoisotopic (exact) mass is 244 g/mol. The highest BCUT2D eigenvalue weighted by Crippen LogP contribution is 2.22. The molecule has 1 aromatic rings. The van der Waals surface area contributed by atoms with Crippen LogP contribution in [0.1, 0.15) is 0 Å². The van der Waals surface area contributed by atoms with Crippen molar-refractivity contribution < 1.29 is 9.84 Å². The molecule has 2 heterocycles. The third-order valence-electron chi connectivity index (χ3n) is 2.41. The number of aliphatic hydroxyl groups is 1. The number of nitrogen functional groups attached to an aromatic ring is 1. The summed E-state index contributed by atoms with van der Waals surface area (Å²) in [5.41, 5.74) is 6.25. The van der Waals surface area contributed by atoms with Crippen LogP contribution in [-0.4, -0.2) is 47.5 Å². The summed E-state index contributed by atoms with van der Waals surface area (Å²) < 4.78 is 5.34. The van der Waals surface area contributed by atoms with Crippen molar-refractivity contribution in [3.63, 3.8) is 0 Å².